The number of nitrogen functional groups attached to an aromatic ring is 1. The van der Waals surface area contributed by atoms with Gasteiger partial charge in [0.1, 0.15) is 5.82 Å². The molecule has 2 heterocycles. The lowest BCUT2D eigenvalue weighted by Crippen LogP contribution is -2.08. The first-order valence-electron chi connectivity index (χ1n) is 6.18. The Hall–Kier alpha value is -2.04. The molecule has 0 saturated carbocycles. The van der Waals surface area contributed by atoms with Crippen LogP contribution in [0, 0.1) is 6.92 Å². The summed E-state index contributed by atoms with van der Waals surface area (Å²) < 4.78 is 2.08. The van der Waals surface area contributed by atoms with Crippen molar-refractivity contribution in [2.24, 2.45) is 0 Å². The number of nitrogens with zero attached hydrogens (tertiary/aromatic N) is 3. The van der Waals surface area contributed by atoms with Crippen LogP contribution in [0.1, 0.15) is 18.4 Å². The lowest BCUT2D eigenvalue weighted by atomic mass is 10.2. The summed E-state index contributed by atoms with van der Waals surface area (Å²) in [6.45, 7) is 3.87. The molecule has 0 aliphatic heterocycles. The summed E-state index contributed by atoms with van der Waals surface area (Å²) in [6.07, 6.45) is 9.58. The van der Waals surface area contributed by atoms with Crippen molar-refractivity contribution >= 4 is 11.5 Å². The quantitative estimate of drug-likeness (QED) is 0.764. The summed E-state index contributed by atoms with van der Waals surface area (Å²) in [5.41, 5.74) is 7.74. The Bertz CT molecular complexity index is 478. The molecule has 18 heavy (non-hydrogen) atoms. The van der Waals surface area contributed by atoms with Crippen molar-refractivity contribution in [1.82, 2.24) is 14.5 Å². The van der Waals surface area contributed by atoms with Crippen LogP contribution in [0.3, 0.4) is 0 Å². The van der Waals surface area contributed by atoms with E-state index in [0.29, 0.717) is 0 Å². The molecule has 0 saturated heterocycles. The number of aryl methyl sites for hydroxylation is 2. The van der Waals surface area contributed by atoms with Crippen LogP contribution in [0.25, 0.3) is 0 Å². The van der Waals surface area contributed by atoms with Gasteiger partial charge in [0.05, 0.1) is 12.0 Å². The molecule has 2 aromatic heterocycles. The lowest BCUT2D eigenvalue weighted by molar-refractivity contribution is 0.621. The maximum Gasteiger partial charge on any atom is 0.149 e. The normalized spacial score (nSPS) is 10.5. The zero-order valence-electron chi connectivity index (χ0n) is 10.6. The van der Waals surface area contributed by atoms with Gasteiger partial charge < -0.3 is 15.6 Å². The number of unbranched alkanes of at least 4 members (excludes halogenated alkanes) is 1. The van der Waals surface area contributed by atoms with Gasteiger partial charge >= 0.3 is 0 Å². The number of nitrogens with two attached hydrogens (primary N) is 1. The maximum absolute atomic E-state index is 5.94. The summed E-state index contributed by atoms with van der Waals surface area (Å²) in [7, 11) is 0. The molecule has 96 valence electrons. The highest BCUT2D eigenvalue weighted by molar-refractivity contribution is 5.64. The summed E-state index contributed by atoms with van der Waals surface area (Å²) >= 11 is 0. The van der Waals surface area contributed by atoms with Gasteiger partial charge in [-0.1, -0.05) is 0 Å². The molecule has 0 bridgehead atoms. The van der Waals surface area contributed by atoms with Crippen LogP contribution >= 0.6 is 0 Å². The zero-order chi connectivity index (χ0) is 12.8. The third kappa shape index (κ3) is 3.23. The Labute approximate surface area is 107 Å². The third-order valence-electron chi connectivity index (χ3n) is 2.90. The van der Waals surface area contributed by atoms with Crippen molar-refractivity contribution in [3.05, 3.63) is 36.5 Å². The van der Waals surface area contributed by atoms with Crippen LogP contribution in [0.2, 0.25) is 0 Å². The monoisotopic (exact) mass is 245 g/mol. The van der Waals surface area contributed by atoms with Crippen LogP contribution in [-0.4, -0.2) is 21.1 Å². The van der Waals surface area contributed by atoms with Gasteiger partial charge in [-0.25, -0.2) is 9.97 Å². The Morgan fingerprint density at radius 3 is 3.00 bits per heavy atom. The molecule has 0 fully saturated rings. The summed E-state index contributed by atoms with van der Waals surface area (Å²) in [5, 5.41) is 3.27. The predicted molar refractivity (Wildman–Crippen MR) is 73.3 cm³/mol. The molecule has 0 aliphatic carbocycles. The maximum atomic E-state index is 5.94. The fourth-order valence-electron chi connectivity index (χ4n) is 1.76. The standard InChI is InChI=1S/C13H19N5/c1-11-4-6-17-13(12(11)14)16-5-2-3-8-18-9-7-15-10-18/h4,6-7,9-10H,2-3,5,8,14H2,1H3,(H,16,17). The minimum absolute atomic E-state index is 0.743. The molecule has 2 rings (SSSR count). The van der Waals surface area contributed by atoms with E-state index in [9.17, 15) is 0 Å². The van der Waals surface area contributed by atoms with E-state index in [4.69, 9.17) is 5.73 Å². The summed E-state index contributed by atoms with van der Waals surface area (Å²) in [4.78, 5) is 8.25. The van der Waals surface area contributed by atoms with Gasteiger partial charge in [-0.05, 0) is 31.4 Å². The topological polar surface area (TPSA) is 68.8 Å². The third-order valence-corrected chi connectivity index (χ3v) is 2.90. The van der Waals surface area contributed by atoms with Crippen molar-refractivity contribution < 1.29 is 0 Å². The molecule has 3 N–H and O–H groups in total. The Morgan fingerprint density at radius 2 is 2.22 bits per heavy atom. The van der Waals surface area contributed by atoms with Crippen molar-refractivity contribution in [3.8, 4) is 0 Å². The second-order valence-corrected chi connectivity index (χ2v) is 4.32. The summed E-state index contributed by atoms with van der Waals surface area (Å²) in [5.74, 6) is 0.789. The highest BCUT2D eigenvalue weighted by atomic mass is 15.0. The van der Waals surface area contributed by atoms with E-state index < -0.39 is 0 Å². The molecule has 0 aromatic carbocycles. The first-order valence-corrected chi connectivity index (χ1v) is 6.18. The van der Waals surface area contributed by atoms with Crippen LogP contribution in [0.5, 0.6) is 0 Å². The molecule has 0 aliphatic rings. The highest BCUT2D eigenvalue weighted by Gasteiger charge is 2.01. The van der Waals surface area contributed by atoms with Gasteiger partial charge in [0.25, 0.3) is 0 Å². The van der Waals surface area contributed by atoms with Crippen LogP contribution in [0.15, 0.2) is 31.0 Å². The fourth-order valence-corrected chi connectivity index (χ4v) is 1.76. The van der Waals surface area contributed by atoms with E-state index in [-0.39, 0.29) is 0 Å². The fraction of sp³-hybridized carbons (Fsp3) is 0.385. The summed E-state index contributed by atoms with van der Waals surface area (Å²) in [6, 6.07) is 1.92. The first-order chi connectivity index (χ1) is 8.77. The van der Waals surface area contributed by atoms with Gasteiger partial charge in [-0.3, -0.25) is 0 Å². The Kier molecular flexibility index (Phi) is 4.17. The number of rotatable bonds is 6. The number of anilines is 2. The predicted octanol–water partition coefficient (Wildman–Crippen LogP) is 2.06. The van der Waals surface area contributed by atoms with E-state index in [2.05, 4.69) is 19.9 Å². The SMILES string of the molecule is Cc1ccnc(NCCCCn2ccnc2)c1N. The minimum atomic E-state index is 0.743. The number of aromatic nitrogens is 3. The van der Waals surface area contributed by atoms with Crippen LogP contribution in [-0.2, 0) is 6.54 Å². The zero-order valence-corrected chi connectivity index (χ0v) is 10.6. The molecule has 0 amide bonds. The molecule has 5 nitrogen and oxygen atoms in total. The largest absolute Gasteiger partial charge is 0.396 e. The van der Waals surface area contributed by atoms with E-state index in [1.54, 1.807) is 12.4 Å². The second kappa shape index (κ2) is 6.05. The van der Waals surface area contributed by atoms with Crippen molar-refractivity contribution in [1.29, 1.82) is 0 Å². The molecule has 0 atom stereocenters. The number of hydrogen-bond donors (Lipinski definition) is 2. The number of imidazole rings is 1. The molecule has 5 heteroatoms. The molecule has 2 aromatic rings. The van der Waals surface area contributed by atoms with Gasteiger partial charge in [-0.15, -0.1) is 0 Å². The van der Waals surface area contributed by atoms with E-state index in [1.807, 2.05) is 25.5 Å². The van der Waals surface area contributed by atoms with Crippen LogP contribution < -0.4 is 11.1 Å². The van der Waals surface area contributed by atoms with E-state index in [0.717, 1.165) is 43.0 Å². The molecule has 0 unspecified atom stereocenters. The molecular formula is C13H19N5. The van der Waals surface area contributed by atoms with Gasteiger partial charge in [0, 0.05) is 31.7 Å². The number of nitrogens with one attached hydrogen (secondary N) is 1. The average molecular weight is 245 g/mol. The number of pyridine rings is 1. The molecular weight excluding hydrogens is 226 g/mol. The lowest BCUT2D eigenvalue weighted by Gasteiger charge is -2.09. The molecule has 0 radical (unpaired) electrons. The van der Waals surface area contributed by atoms with E-state index >= 15 is 0 Å². The average Bonchev–Trinajstić information content (AvgIpc) is 2.87. The highest BCUT2D eigenvalue weighted by Crippen LogP contribution is 2.18. The van der Waals surface area contributed by atoms with Gasteiger partial charge in [0.2, 0.25) is 0 Å². The first kappa shape index (κ1) is 12.4. The van der Waals surface area contributed by atoms with Gasteiger partial charge in [0.15, 0.2) is 0 Å². The minimum Gasteiger partial charge on any atom is -0.396 e. The van der Waals surface area contributed by atoms with E-state index in [1.165, 1.54) is 0 Å². The van der Waals surface area contributed by atoms with Crippen molar-refractivity contribution in [2.45, 2.75) is 26.3 Å². The van der Waals surface area contributed by atoms with Gasteiger partial charge in [-0.2, -0.15) is 0 Å². The van der Waals surface area contributed by atoms with Crippen molar-refractivity contribution in [2.75, 3.05) is 17.6 Å². The molecule has 0 spiro atoms. The number of hydrogen-bond acceptors (Lipinski definition) is 4. The second-order valence-electron chi connectivity index (χ2n) is 4.32. The van der Waals surface area contributed by atoms with Crippen molar-refractivity contribution in [3.63, 3.8) is 0 Å². The van der Waals surface area contributed by atoms with Crippen LogP contribution in [0.4, 0.5) is 11.5 Å². The Balaban J connectivity index is 1.70. The smallest absolute Gasteiger partial charge is 0.149 e. The Morgan fingerprint density at radius 1 is 1.33 bits per heavy atom.